The van der Waals surface area contributed by atoms with E-state index in [1.54, 1.807) is 6.92 Å². The van der Waals surface area contributed by atoms with Crippen LogP contribution in [-0.4, -0.2) is 58.1 Å². The Morgan fingerprint density at radius 2 is 2.20 bits per heavy atom. The molecule has 1 aliphatic carbocycles. The molecule has 0 radical (unpaired) electrons. The van der Waals surface area contributed by atoms with Gasteiger partial charge in [-0.25, -0.2) is 13.1 Å². The van der Waals surface area contributed by atoms with E-state index in [0.717, 1.165) is 17.5 Å². The molecule has 0 bridgehead atoms. The van der Waals surface area contributed by atoms with E-state index >= 15 is 0 Å². The Hall–Kier alpha value is -1.55. The summed E-state index contributed by atoms with van der Waals surface area (Å²) in [5.74, 6) is -0.413. The Bertz CT molecular complexity index is 580. The summed E-state index contributed by atoms with van der Waals surface area (Å²) in [6.07, 6.45) is 1.59. The predicted molar refractivity (Wildman–Crippen MR) is 67.0 cm³/mol. The van der Waals surface area contributed by atoms with Crippen LogP contribution in [0.25, 0.3) is 0 Å². The largest absolute Gasteiger partial charge is 0.466 e. The fourth-order valence-electron chi connectivity index (χ4n) is 1.84. The van der Waals surface area contributed by atoms with Crippen LogP contribution in [0.3, 0.4) is 0 Å². The Kier molecular flexibility index (Phi) is 4.33. The summed E-state index contributed by atoms with van der Waals surface area (Å²) in [6.45, 7) is 2.07. The van der Waals surface area contributed by atoms with Crippen molar-refractivity contribution in [2.75, 3.05) is 13.2 Å². The number of aromatic nitrogens is 4. The second-order valence-corrected chi connectivity index (χ2v) is 6.27. The van der Waals surface area contributed by atoms with E-state index in [4.69, 9.17) is 4.74 Å². The van der Waals surface area contributed by atoms with Gasteiger partial charge in [0.15, 0.2) is 0 Å². The van der Waals surface area contributed by atoms with Crippen LogP contribution in [0.15, 0.2) is 5.16 Å². The molecule has 0 saturated heterocycles. The first-order valence-corrected chi connectivity index (χ1v) is 7.80. The number of tetrazole rings is 1. The van der Waals surface area contributed by atoms with E-state index in [-0.39, 0.29) is 30.8 Å². The van der Waals surface area contributed by atoms with Crippen molar-refractivity contribution in [3.63, 3.8) is 0 Å². The number of rotatable bonds is 7. The van der Waals surface area contributed by atoms with Crippen molar-refractivity contribution in [3.05, 3.63) is 0 Å². The van der Waals surface area contributed by atoms with Gasteiger partial charge < -0.3 is 4.74 Å². The third-order valence-corrected chi connectivity index (χ3v) is 4.82. The van der Waals surface area contributed by atoms with Crippen LogP contribution in [0.1, 0.15) is 26.2 Å². The van der Waals surface area contributed by atoms with Gasteiger partial charge in [0, 0.05) is 19.6 Å². The summed E-state index contributed by atoms with van der Waals surface area (Å²) in [5, 5.41) is 10.2. The molecule has 0 spiro atoms. The first kappa shape index (κ1) is 14.9. The van der Waals surface area contributed by atoms with Crippen molar-refractivity contribution in [2.24, 2.45) is 7.05 Å². The van der Waals surface area contributed by atoms with E-state index < -0.39 is 16.0 Å². The van der Waals surface area contributed by atoms with Crippen LogP contribution >= 0.6 is 0 Å². The average molecular weight is 303 g/mol. The fraction of sp³-hybridized carbons (Fsp3) is 0.800. The summed E-state index contributed by atoms with van der Waals surface area (Å²) in [7, 11) is -2.32. The first-order valence-electron chi connectivity index (χ1n) is 6.36. The molecule has 112 valence electrons. The second kappa shape index (κ2) is 5.83. The van der Waals surface area contributed by atoms with Gasteiger partial charge in [-0.3, -0.25) is 4.79 Å². The van der Waals surface area contributed by atoms with Gasteiger partial charge in [-0.05, 0) is 30.2 Å². The minimum Gasteiger partial charge on any atom is -0.466 e. The lowest BCUT2D eigenvalue weighted by molar-refractivity contribution is -0.143. The first-order chi connectivity index (χ1) is 9.46. The number of esters is 1. The monoisotopic (exact) mass is 303 g/mol. The maximum absolute atomic E-state index is 12.5. The molecule has 0 N–H and O–H groups in total. The van der Waals surface area contributed by atoms with Gasteiger partial charge in [0.25, 0.3) is 15.2 Å². The molecule has 1 saturated carbocycles. The number of hydrogen-bond acceptors (Lipinski definition) is 7. The van der Waals surface area contributed by atoms with Crippen molar-refractivity contribution >= 4 is 16.0 Å². The molecule has 0 aromatic carbocycles. The van der Waals surface area contributed by atoms with Gasteiger partial charge in [-0.2, -0.15) is 4.31 Å². The number of carbonyl (C=O) groups is 1. The van der Waals surface area contributed by atoms with Gasteiger partial charge in [0.1, 0.15) is 0 Å². The van der Waals surface area contributed by atoms with E-state index in [9.17, 15) is 13.2 Å². The quantitative estimate of drug-likeness (QED) is 0.614. The normalized spacial score (nSPS) is 15.6. The SMILES string of the molecule is CCOC(=O)CCN(C1CC1)S(=O)(=O)c1nnnn1C. The highest BCUT2D eigenvalue weighted by Gasteiger charge is 2.40. The Balaban J connectivity index is 2.13. The van der Waals surface area contributed by atoms with E-state index in [1.807, 2.05) is 0 Å². The molecule has 0 atom stereocenters. The molecule has 2 rings (SSSR count). The zero-order valence-electron chi connectivity index (χ0n) is 11.4. The Labute approximate surface area is 116 Å². The van der Waals surface area contributed by atoms with E-state index in [0.29, 0.717) is 0 Å². The molecule has 0 unspecified atom stereocenters. The van der Waals surface area contributed by atoms with Gasteiger partial charge in [-0.1, -0.05) is 5.10 Å². The van der Waals surface area contributed by atoms with Gasteiger partial charge in [-0.15, -0.1) is 0 Å². The number of carbonyl (C=O) groups excluding carboxylic acids is 1. The van der Waals surface area contributed by atoms with Crippen LogP contribution in [0.2, 0.25) is 0 Å². The molecule has 20 heavy (non-hydrogen) atoms. The van der Waals surface area contributed by atoms with Crippen LogP contribution in [0.5, 0.6) is 0 Å². The molecular weight excluding hydrogens is 286 g/mol. The number of hydrogen-bond donors (Lipinski definition) is 0. The van der Waals surface area contributed by atoms with Crippen molar-refractivity contribution < 1.29 is 17.9 Å². The number of nitrogens with zero attached hydrogens (tertiary/aromatic N) is 5. The van der Waals surface area contributed by atoms with Crippen molar-refractivity contribution in [2.45, 2.75) is 37.4 Å². The molecule has 1 aliphatic rings. The molecule has 10 heteroatoms. The lowest BCUT2D eigenvalue weighted by Crippen LogP contribution is -2.36. The van der Waals surface area contributed by atoms with Crippen molar-refractivity contribution in [1.82, 2.24) is 24.5 Å². The zero-order valence-corrected chi connectivity index (χ0v) is 12.2. The summed E-state index contributed by atoms with van der Waals surface area (Å²) >= 11 is 0. The minimum absolute atomic E-state index is 0.0227. The second-order valence-electron chi connectivity index (χ2n) is 4.49. The fourth-order valence-corrected chi connectivity index (χ4v) is 3.50. The smallest absolute Gasteiger partial charge is 0.307 e. The molecule has 1 aromatic rings. The van der Waals surface area contributed by atoms with Crippen LogP contribution in [0, 0.1) is 0 Å². The zero-order chi connectivity index (χ0) is 14.8. The van der Waals surface area contributed by atoms with Gasteiger partial charge in [0.05, 0.1) is 13.0 Å². The average Bonchev–Trinajstić information content (AvgIpc) is 3.10. The molecule has 0 aliphatic heterocycles. The summed E-state index contributed by atoms with van der Waals surface area (Å²) in [5.41, 5.74) is 0. The Morgan fingerprint density at radius 1 is 1.50 bits per heavy atom. The van der Waals surface area contributed by atoms with Crippen LogP contribution in [0.4, 0.5) is 0 Å². The number of sulfonamides is 1. The molecule has 9 nitrogen and oxygen atoms in total. The molecule has 1 heterocycles. The third kappa shape index (κ3) is 3.12. The lowest BCUT2D eigenvalue weighted by atomic mass is 10.4. The predicted octanol–water partition coefficient (Wildman–Crippen LogP) is -0.684. The van der Waals surface area contributed by atoms with Crippen LogP contribution < -0.4 is 0 Å². The number of aryl methyl sites for hydroxylation is 1. The van der Waals surface area contributed by atoms with Crippen LogP contribution in [-0.2, 0) is 26.6 Å². The standard InChI is InChI=1S/C10H17N5O4S/c1-3-19-9(16)6-7-15(8-4-5-8)20(17,18)10-11-12-13-14(10)2/h8H,3-7H2,1-2H3. The molecule has 1 fully saturated rings. The maximum Gasteiger partial charge on any atom is 0.307 e. The third-order valence-electron chi connectivity index (χ3n) is 2.92. The van der Waals surface area contributed by atoms with Gasteiger partial charge in [0.2, 0.25) is 0 Å². The van der Waals surface area contributed by atoms with Crippen molar-refractivity contribution in [1.29, 1.82) is 0 Å². The molecule has 1 aromatic heterocycles. The highest BCUT2D eigenvalue weighted by molar-refractivity contribution is 7.89. The lowest BCUT2D eigenvalue weighted by Gasteiger charge is -2.19. The van der Waals surface area contributed by atoms with Gasteiger partial charge >= 0.3 is 5.97 Å². The van der Waals surface area contributed by atoms with Crippen molar-refractivity contribution in [3.8, 4) is 0 Å². The highest BCUT2D eigenvalue weighted by Crippen LogP contribution is 2.31. The molecular formula is C10H17N5O4S. The Morgan fingerprint density at radius 3 is 2.70 bits per heavy atom. The highest BCUT2D eigenvalue weighted by atomic mass is 32.2. The van der Waals surface area contributed by atoms with E-state index in [1.165, 1.54) is 11.4 Å². The summed E-state index contributed by atoms with van der Waals surface area (Å²) < 4.78 is 32.2. The summed E-state index contributed by atoms with van der Waals surface area (Å²) in [6, 6.07) is -0.0777. The minimum atomic E-state index is -3.78. The number of ether oxygens (including phenoxy) is 1. The van der Waals surface area contributed by atoms with E-state index in [2.05, 4.69) is 15.5 Å². The molecule has 0 amide bonds. The maximum atomic E-state index is 12.5. The topological polar surface area (TPSA) is 107 Å². The summed E-state index contributed by atoms with van der Waals surface area (Å²) in [4.78, 5) is 11.4.